The number of rotatable bonds is 14. The average molecular weight is 454 g/mol. The summed E-state index contributed by atoms with van der Waals surface area (Å²) in [5, 5.41) is 2.73. The number of carbonyl (C=O) groups excluding carboxylic acids is 4. The van der Waals surface area contributed by atoms with Crippen molar-refractivity contribution in [3.8, 4) is 0 Å². The molecule has 0 aromatic heterocycles. The van der Waals surface area contributed by atoms with Crippen molar-refractivity contribution in [2.45, 2.75) is 79.6 Å². The van der Waals surface area contributed by atoms with Gasteiger partial charge in [-0.25, -0.2) is 0 Å². The monoisotopic (exact) mass is 453 g/mol. The Balaban J connectivity index is -0.000000375. The smallest absolute Gasteiger partial charge is 0.216 e. The lowest BCUT2D eigenvalue weighted by Crippen LogP contribution is -2.22. The summed E-state index contributed by atoms with van der Waals surface area (Å²) in [5.41, 5.74) is 0. The van der Waals surface area contributed by atoms with Crippen LogP contribution in [0.4, 0.5) is 0 Å². The lowest BCUT2D eigenvalue weighted by molar-refractivity contribution is -0.119. The van der Waals surface area contributed by atoms with Gasteiger partial charge in [0.25, 0.3) is 0 Å². The summed E-state index contributed by atoms with van der Waals surface area (Å²) in [6.07, 6.45) is 6.17. The van der Waals surface area contributed by atoms with Crippen molar-refractivity contribution < 1.29 is 19.2 Å². The Morgan fingerprint density at radius 3 is 1.57 bits per heavy atom. The van der Waals surface area contributed by atoms with Crippen LogP contribution in [0.5, 0.6) is 0 Å². The molecule has 0 aliphatic carbocycles. The second-order valence-corrected chi connectivity index (χ2v) is 9.42. The zero-order valence-electron chi connectivity index (χ0n) is 18.2. The number of hydrogen-bond donors (Lipinski definition) is 2. The van der Waals surface area contributed by atoms with Crippen molar-refractivity contribution in [1.29, 1.82) is 0 Å². The van der Waals surface area contributed by atoms with Crippen LogP contribution in [0, 0.1) is 0 Å². The molecule has 0 spiro atoms. The van der Waals surface area contributed by atoms with Gasteiger partial charge in [-0.05, 0) is 45.8 Å². The van der Waals surface area contributed by atoms with E-state index < -0.39 is 0 Å². The maximum atomic E-state index is 10.6. The number of Topliss-reactive ketones (excluding diaryl/α,β-unsaturated/α-hetero) is 3. The number of unbranched alkanes of at least 4 members (excludes halogenated alkanes) is 1. The van der Waals surface area contributed by atoms with Gasteiger partial charge in [-0.2, -0.15) is 12.6 Å². The lowest BCUT2D eigenvalue weighted by Gasteiger charge is -2.01. The van der Waals surface area contributed by atoms with Gasteiger partial charge >= 0.3 is 0 Å². The highest BCUT2D eigenvalue weighted by Gasteiger charge is 1.95. The fourth-order valence-corrected chi connectivity index (χ4v) is 3.67. The molecule has 0 heterocycles. The summed E-state index contributed by atoms with van der Waals surface area (Å²) in [4.78, 5) is 41.5. The summed E-state index contributed by atoms with van der Waals surface area (Å²) in [6.45, 7) is 9.18. The first kappa shape index (κ1) is 32.2. The fourth-order valence-electron chi connectivity index (χ4n) is 1.52. The molecule has 0 fully saturated rings. The van der Waals surface area contributed by atoms with E-state index in [-0.39, 0.29) is 17.5 Å². The van der Waals surface area contributed by atoms with Crippen LogP contribution in [0.2, 0.25) is 0 Å². The molecular formula is C20H39NO4S3. The minimum Gasteiger partial charge on any atom is -0.355 e. The fraction of sp³-hybridized carbons (Fsp3) is 0.800. The second kappa shape index (κ2) is 26.5. The normalized spacial score (nSPS) is 9.36. The standard InChI is InChI=1S/C9H17NO2S2.C6H12O.C5H10OS/c1-8(11)4-3-6-13-14-7-5-10-9(2)12;1-3-4-5-6(2)7;1-5(6)3-2-4-7/h3-7H2,1-2H3,(H,10,12);3-5H2,1-2H3;7H,2-4H2,1H3. The molecule has 8 heteroatoms. The SMILES string of the molecule is CC(=O)CCCS.CC(=O)CCCSSCCNC(C)=O.CCCCC(C)=O. The Kier molecular flexibility index (Phi) is 30.5. The molecule has 0 aliphatic rings. The Hall–Kier alpha value is -0.470. The van der Waals surface area contributed by atoms with E-state index in [9.17, 15) is 19.2 Å². The van der Waals surface area contributed by atoms with Crippen LogP contribution in [-0.4, -0.2) is 47.1 Å². The molecule has 0 aliphatic heterocycles. The van der Waals surface area contributed by atoms with Gasteiger partial charge in [-0.15, -0.1) is 0 Å². The largest absolute Gasteiger partial charge is 0.355 e. The molecule has 0 unspecified atom stereocenters. The summed E-state index contributed by atoms with van der Waals surface area (Å²) in [6, 6.07) is 0. The number of thiol groups is 1. The van der Waals surface area contributed by atoms with Crippen molar-refractivity contribution in [3.05, 3.63) is 0 Å². The van der Waals surface area contributed by atoms with Crippen LogP contribution < -0.4 is 5.32 Å². The van der Waals surface area contributed by atoms with Crippen molar-refractivity contribution in [2.75, 3.05) is 23.8 Å². The third-order valence-corrected chi connectivity index (χ3v) is 5.78. The van der Waals surface area contributed by atoms with Gasteiger partial charge in [0.2, 0.25) is 5.91 Å². The highest BCUT2D eigenvalue weighted by atomic mass is 33.1. The van der Waals surface area contributed by atoms with Crippen molar-refractivity contribution in [3.63, 3.8) is 0 Å². The third kappa shape index (κ3) is 44.7. The number of ketones is 3. The lowest BCUT2D eigenvalue weighted by atomic mass is 10.2. The Labute approximate surface area is 185 Å². The molecule has 0 bridgehead atoms. The Morgan fingerprint density at radius 1 is 0.750 bits per heavy atom. The molecule has 1 amide bonds. The van der Waals surface area contributed by atoms with Gasteiger partial charge in [-0.3, -0.25) is 4.79 Å². The van der Waals surface area contributed by atoms with E-state index in [0.29, 0.717) is 18.6 Å². The maximum absolute atomic E-state index is 10.6. The minimum atomic E-state index is 0.0205. The van der Waals surface area contributed by atoms with Crippen molar-refractivity contribution in [1.82, 2.24) is 5.32 Å². The summed E-state index contributed by atoms with van der Waals surface area (Å²) in [7, 11) is 3.50. The van der Waals surface area contributed by atoms with Crippen LogP contribution in [0.3, 0.4) is 0 Å². The van der Waals surface area contributed by atoms with E-state index in [1.165, 1.54) is 6.92 Å². The van der Waals surface area contributed by atoms with E-state index in [0.717, 1.165) is 55.9 Å². The molecule has 0 aromatic rings. The van der Waals surface area contributed by atoms with Gasteiger partial charge in [0, 0.05) is 44.2 Å². The highest BCUT2D eigenvalue weighted by Crippen LogP contribution is 2.21. The average Bonchev–Trinajstić information content (AvgIpc) is 2.61. The van der Waals surface area contributed by atoms with Crippen LogP contribution in [0.1, 0.15) is 79.6 Å². The number of nitrogens with one attached hydrogen (secondary N) is 1. The molecule has 28 heavy (non-hydrogen) atoms. The molecule has 1 N–H and O–H groups in total. The number of carbonyl (C=O) groups is 4. The molecule has 166 valence electrons. The molecule has 0 saturated carbocycles. The maximum Gasteiger partial charge on any atom is 0.216 e. The van der Waals surface area contributed by atoms with Crippen molar-refractivity contribution in [2.24, 2.45) is 0 Å². The Morgan fingerprint density at radius 2 is 1.21 bits per heavy atom. The van der Waals surface area contributed by atoms with E-state index in [4.69, 9.17) is 0 Å². The molecule has 0 rings (SSSR count). The highest BCUT2D eigenvalue weighted by molar-refractivity contribution is 8.76. The van der Waals surface area contributed by atoms with Gasteiger partial charge in [-0.1, -0.05) is 34.9 Å². The zero-order valence-corrected chi connectivity index (χ0v) is 20.7. The predicted octanol–water partition coefficient (Wildman–Crippen LogP) is 4.92. The van der Waals surface area contributed by atoms with E-state index in [1.807, 2.05) is 0 Å². The first-order chi connectivity index (χ1) is 13.2. The first-order valence-corrected chi connectivity index (χ1v) is 12.9. The van der Waals surface area contributed by atoms with Crippen LogP contribution >= 0.6 is 34.2 Å². The topological polar surface area (TPSA) is 80.3 Å². The minimum absolute atomic E-state index is 0.0205. The predicted molar refractivity (Wildman–Crippen MR) is 127 cm³/mol. The summed E-state index contributed by atoms with van der Waals surface area (Å²) in [5.74, 6) is 3.59. The number of hydrogen-bond acceptors (Lipinski definition) is 7. The van der Waals surface area contributed by atoms with Crippen LogP contribution in [0.15, 0.2) is 0 Å². The van der Waals surface area contributed by atoms with Crippen molar-refractivity contribution >= 4 is 57.5 Å². The second-order valence-electron chi connectivity index (χ2n) is 6.27. The van der Waals surface area contributed by atoms with E-state index >= 15 is 0 Å². The summed E-state index contributed by atoms with van der Waals surface area (Å²) < 4.78 is 0. The van der Waals surface area contributed by atoms with Crippen LogP contribution in [-0.2, 0) is 19.2 Å². The third-order valence-electron chi connectivity index (χ3n) is 2.97. The zero-order chi connectivity index (χ0) is 22.2. The van der Waals surface area contributed by atoms with Gasteiger partial charge in [0.15, 0.2) is 0 Å². The summed E-state index contributed by atoms with van der Waals surface area (Å²) >= 11 is 3.94. The van der Waals surface area contributed by atoms with Gasteiger partial charge in [0.05, 0.1) is 0 Å². The molecule has 5 nitrogen and oxygen atoms in total. The first-order valence-electron chi connectivity index (χ1n) is 9.75. The molecule has 0 atom stereocenters. The molecule has 0 radical (unpaired) electrons. The molecule has 0 saturated heterocycles. The van der Waals surface area contributed by atoms with E-state index in [2.05, 4.69) is 24.9 Å². The van der Waals surface area contributed by atoms with Gasteiger partial charge in [0.1, 0.15) is 17.3 Å². The van der Waals surface area contributed by atoms with E-state index in [1.54, 1.807) is 42.4 Å². The van der Waals surface area contributed by atoms with Gasteiger partial charge < -0.3 is 19.7 Å². The number of amides is 1. The quantitative estimate of drug-likeness (QED) is 0.221. The molecular weight excluding hydrogens is 414 g/mol. The molecule has 0 aromatic carbocycles. The van der Waals surface area contributed by atoms with Crippen LogP contribution in [0.25, 0.3) is 0 Å². The Bertz CT molecular complexity index is 380.